The minimum absolute atomic E-state index is 0.165. The Hall–Kier alpha value is -4.22. The van der Waals surface area contributed by atoms with Crippen LogP contribution in [-0.2, 0) is 10.3 Å². The minimum Gasteiger partial charge on any atom is -0.382 e. The van der Waals surface area contributed by atoms with Gasteiger partial charge < -0.3 is 11.1 Å². The van der Waals surface area contributed by atoms with Crippen LogP contribution in [0.3, 0.4) is 0 Å². The highest BCUT2D eigenvalue weighted by atomic mass is 16.2. The van der Waals surface area contributed by atoms with Gasteiger partial charge in [-0.15, -0.1) is 0 Å². The van der Waals surface area contributed by atoms with E-state index in [-0.39, 0.29) is 18.1 Å². The number of nitrogens with zero attached hydrogens (tertiary/aromatic N) is 4. The SMILES string of the molecule is CC#CC(=O)[C@@]1(n2c(=O)n(-c3ccc(-c4ccccc4)cc3)c3c(N)ncnc32)CCNC1. The summed E-state index contributed by atoms with van der Waals surface area (Å²) in [7, 11) is 0. The zero-order chi connectivity index (χ0) is 23.0. The number of nitrogens with two attached hydrogens (primary N) is 1. The van der Waals surface area contributed by atoms with Crippen molar-refractivity contribution in [2.24, 2.45) is 0 Å². The second-order valence-corrected chi connectivity index (χ2v) is 7.96. The maximum atomic E-state index is 13.9. The van der Waals surface area contributed by atoms with Crippen LogP contribution in [0.4, 0.5) is 5.82 Å². The molecule has 164 valence electrons. The minimum atomic E-state index is -1.16. The molecule has 33 heavy (non-hydrogen) atoms. The van der Waals surface area contributed by atoms with Gasteiger partial charge >= 0.3 is 5.69 Å². The standard InChI is InChI=1S/C25H22N6O2/c1-2-6-20(32)25(13-14-27-15-25)31-23-21(22(26)28-16-29-23)30(24(31)33)19-11-9-18(10-12-19)17-7-4-3-5-8-17/h3-5,7-12,16,27H,13-15H2,1H3,(H2,26,28,29)/t25-/m1/s1. The Bertz CT molecular complexity index is 1470. The number of hydrogen-bond acceptors (Lipinski definition) is 6. The summed E-state index contributed by atoms with van der Waals surface area (Å²) >= 11 is 0. The zero-order valence-electron chi connectivity index (χ0n) is 18.1. The Balaban J connectivity index is 1.75. The monoisotopic (exact) mass is 438 g/mol. The largest absolute Gasteiger partial charge is 0.382 e. The maximum absolute atomic E-state index is 13.9. The summed E-state index contributed by atoms with van der Waals surface area (Å²) in [4.78, 5) is 35.5. The van der Waals surface area contributed by atoms with Crippen LogP contribution in [-0.4, -0.2) is 38.0 Å². The van der Waals surface area contributed by atoms with Gasteiger partial charge in [-0.25, -0.2) is 14.8 Å². The molecule has 1 aliphatic rings. The van der Waals surface area contributed by atoms with E-state index in [2.05, 4.69) is 27.1 Å². The highest BCUT2D eigenvalue weighted by molar-refractivity contribution is 6.03. The maximum Gasteiger partial charge on any atom is 0.336 e. The van der Waals surface area contributed by atoms with Crippen molar-refractivity contribution in [3.05, 3.63) is 71.4 Å². The van der Waals surface area contributed by atoms with Crippen molar-refractivity contribution in [2.75, 3.05) is 18.8 Å². The number of fused-ring (bicyclic) bond motifs is 1. The Labute approximate surface area is 190 Å². The van der Waals surface area contributed by atoms with Crippen LogP contribution in [0.2, 0.25) is 0 Å². The number of aromatic nitrogens is 4. The highest BCUT2D eigenvalue weighted by Crippen LogP contribution is 2.31. The first-order chi connectivity index (χ1) is 16.1. The van der Waals surface area contributed by atoms with Crippen molar-refractivity contribution in [3.63, 3.8) is 0 Å². The van der Waals surface area contributed by atoms with Gasteiger partial charge in [0, 0.05) is 6.54 Å². The van der Waals surface area contributed by atoms with Gasteiger partial charge in [0.25, 0.3) is 0 Å². The number of benzene rings is 2. The third-order valence-electron chi connectivity index (χ3n) is 6.10. The van der Waals surface area contributed by atoms with E-state index in [0.717, 1.165) is 11.1 Å². The van der Waals surface area contributed by atoms with Crippen LogP contribution in [0, 0.1) is 11.8 Å². The quantitative estimate of drug-likeness (QED) is 0.373. The number of nitrogens with one attached hydrogen (secondary N) is 1. The fraction of sp³-hybridized carbons (Fsp3) is 0.200. The Kier molecular flexibility index (Phi) is 5.04. The number of carbonyl (C=O) groups excluding carboxylic acids is 1. The fourth-order valence-electron chi connectivity index (χ4n) is 4.50. The van der Waals surface area contributed by atoms with Crippen LogP contribution in [0.25, 0.3) is 28.0 Å². The van der Waals surface area contributed by atoms with Crippen LogP contribution in [0.15, 0.2) is 65.7 Å². The van der Waals surface area contributed by atoms with Gasteiger partial charge in [0.2, 0.25) is 5.78 Å². The van der Waals surface area contributed by atoms with E-state index in [1.54, 1.807) is 6.92 Å². The summed E-state index contributed by atoms with van der Waals surface area (Å²) in [6.45, 7) is 2.48. The summed E-state index contributed by atoms with van der Waals surface area (Å²) in [6, 6.07) is 17.6. The smallest absolute Gasteiger partial charge is 0.336 e. The number of ketones is 1. The predicted molar refractivity (Wildman–Crippen MR) is 127 cm³/mol. The first kappa shape index (κ1) is 20.7. The molecule has 0 amide bonds. The fourth-order valence-corrected chi connectivity index (χ4v) is 4.50. The lowest BCUT2D eigenvalue weighted by molar-refractivity contribution is -0.121. The van der Waals surface area contributed by atoms with E-state index in [4.69, 9.17) is 5.73 Å². The van der Waals surface area contributed by atoms with Crippen molar-refractivity contribution in [2.45, 2.75) is 18.9 Å². The van der Waals surface area contributed by atoms with E-state index in [1.807, 2.05) is 54.6 Å². The Morgan fingerprint density at radius 2 is 1.82 bits per heavy atom. The molecule has 4 aromatic rings. The van der Waals surface area contributed by atoms with Crippen molar-refractivity contribution in [1.82, 2.24) is 24.4 Å². The summed E-state index contributed by atoms with van der Waals surface area (Å²) in [6.07, 6.45) is 1.74. The molecular weight excluding hydrogens is 416 g/mol. The molecule has 1 saturated heterocycles. The average Bonchev–Trinajstić information content (AvgIpc) is 3.44. The molecule has 0 spiro atoms. The van der Waals surface area contributed by atoms with Crippen molar-refractivity contribution < 1.29 is 4.79 Å². The Morgan fingerprint density at radius 1 is 1.09 bits per heavy atom. The van der Waals surface area contributed by atoms with Gasteiger partial charge in [-0.3, -0.25) is 13.9 Å². The van der Waals surface area contributed by atoms with Gasteiger partial charge in [0.1, 0.15) is 17.4 Å². The number of anilines is 1. The number of carbonyl (C=O) groups is 1. The molecule has 3 heterocycles. The van der Waals surface area contributed by atoms with E-state index in [0.29, 0.717) is 29.8 Å². The third kappa shape index (κ3) is 3.22. The summed E-state index contributed by atoms with van der Waals surface area (Å²) in [5, 5.41) is 3.20. The molecule has 5 rings (SSSR count). The number of imidazole rings is 1. The van der Waals surface area contributed by atoms with Gasteiger partial charge in [-0.2, -0.15) is 0 Å². The summed E-state index contributed by atoms with van der Waals surface area (Å²) < 4.78 is 2.92. The molecule has 2 aromatic carbocycles. The number of nitrogen functional groups attached to an aromatic ring is 1. The molecule has 2 aromatic heterocycles. The molecule has 0 bridgehead atoms. The third-order valence-corrected chi connectivity index (χ3v) is 6.10. The van der Waals surface area contributed by atoms with Crippen molar-refractivity contribution in [1.29, 1.82) is 0 Å². The second-order valence-electron chi connectivity index (χ2n) is 7.96. The van der Waals surface area contributed by atoms with E-state index in [9.17, 15) is 9.59 Å². The molecule has 0 aliphatic carbocycles. The molecule has 0 saturated carbocycles. The number of hydrogen-bond donors (Lipinski definition) is 2. The highest BCUT2D eigenvalue weighted by Gasteiger charge is 2.45. The number of rotatable bonds is 4. The van der Waals surface area contributed by atoms with Gasteiger partial charge in [0.15, 0.2) is 11.5 Å². The van der Waals surface area contributed by atoms with E-state index < -0.39 is 11.2 Å². The Morgan fingerprint density at radius 3 is 2.48 bits per heavy atom. The molecule has 1 atom stereocenters. The van der Waals surface area contributed by atoms with Crippen LogP contribution >= 0.6 is 0 Å². The normalized spacial score (nSPS) is 17.6. The lowest BCUT2D eigenvalue weighted by atomic mass is 9.92. The zero-order valence-corrected chi connectivity index (χ0v) is 18.1. The molecule has 8 nitrogen and oxygen atoms in total. The average molecular weight is 438 g/mol. The topological polar surface area (TPSA) is 108 Å². The molecule has 1 fully saturated rings. The first-order valence-electron chi connectivity index (χ1n) is 10.6. The first-order valence-corrected chi connectivity index (χ1v) is 10.6. The lowest BCUT2D eigenvalue weighted by Crippen LogP contribution is -2.48. The lowest BCUT2D eigenvalue weighted by Gasteiger charge is -2.25. The predicted octanol–water partition coefficient (Wildman–Crippen LogP) is 2.11. The summed E-state index contributed by atoms with van der Waals surface area (Å²) in [5.74, 6) is 5.15. The van der Waals surface area contributed by atoms with Gasteiger partial charge in [0.05, 0.1) is 5.69 Å². The van der Waals surface area contributed by atoms with Gasteiger partial charge in [-0.05, 0) is 49.1 Å². The van der Waals surface area contributed by atoms with Crippen LogP contribution in [0.5, 0.6) is 0 Å². The molecule has 0 unspecified atom stereocenters. The van der Waals surface area contributed by atoms with E-state index >= 15 is 0 Å². The van der Waals surface area contributed by atoms with Crippen molar-refractivity contribution in [3.8, 4) is 28.7 Å². The molecule has 8 heteroatoms. The molecule has 1 aliphatic heterocycles. The van der Waals surface area contributed by atoms with Crippen LogP contribution < -0.4 is 16.7 Å². The van der Waals surface area contributed by atoms with Gasteiger partial charge in [-0.1, -0.05) is 48.4 Å². The molecular formula is C25H22N6O2. The number of Topliss-reactive ketones (excluding diaryl/α,β-unsaturated/α-hetero) is 1. The summed E-state index contributed by atoms with van der Waals surface area (Å²) in [5.41, 5.74) is 8.05. The molecule has 0 radical (unpaired) electrons. The molecule has 3 N–H and O–H groups in total. The van der Waals surface area contributed by atoms with Crippen LogP contribution in [0.1, 0.15) is 13.3 Å². The van der Waals surface area contributed by atoms with Crippen molar-refractivity contribution >= 4 is 22.8 Å². The van der Waals surface area contributed by atoms with E-state index in [1.165, 1.54) is 15.5 Å². The second kappa shape index (κ2) is 8.04.